The summed E-state index contributed by atoms with van der Waals surface area (Å²) in [5.74, 6) is -0.245. The Morgan fingerprint density at radius 2 is 1.80 bits per heavy atom. The third kappa shape index (κ3) is 4.58. The van der Waals surface area contributed by atoms with Gasteiger partial charge in [-0.3, -0.25) is 4.79 Å². The fraction of sp³-hybridized carbons (Fsp3) is 0.562. The molecule has 1 aromatic carbocycles. The Morgan fingerprint density at radius 3 is 2.40 bits per heavy atom. The molecule has 0 saturated heterocycles. The van der Waals surface area contributed by atoms with Gasteiger partial charge in [0, 0.05) is 6.42 Å². The van der Waals surface area contributed by atoms with E-state index in [1.54, 1.807) is 0 Å². The molecule has 1 aromatic rings. The topological polar surface area (TPSA) is 26.3 Å². The SMILES string of the molecule is O=C(OCc1ccccc1)C1CCC(CC(F)F)CC1. The van der Waals surface area contributed by atoms with E-state index >= 15 is 0 Å². The third-order valence-corrected chi connectivity index (χ3v) is 3.92. The van der Waals surface area contributed by atoms with Crippen molar-refractivity contribution < 1.29 is 18.3 Å². The Morgan fingerprint density at radius 1 is 1.15 bits per heavy atom. The van der Waals surface area contributed by atoms with Crippen LogP contribution in [0, 0.1) is 11.8 Å². The standard InChI is InChI=1S/C16H20F2O2/c17-15(18)10-12-6-8-14(9-7-12)16(19)20-11-13-4-2-1-3-5-13/h1-5,12,14-15H,6-11H2. The zero-order valence-corrected chi connectivity index (χ0v) is 11.4. The summed E-state index contributed by atoms with van der Waals surface area (Å²) in [5, 5.41) is 0. The number of halogens is 2. The van der Waals surface area contributed by atoms with Gasteiger partial charge in [-0.1, -0.05) is 30.3 Å². The van der Waals surface area contributed by atoms with Crippen LogP contribution in [0.4, 0.5) is 8.78 Å². The molecular formula is C16H20F2O2. The van der Waals surface area contributed by atoms with Gasteiger partial charge in [0.15, 0.2) is 0 Å². The van der Waals surface area contributed by atoms with E-state index in [9.17, 15) is 13.6 Å². The van der Waals surface area contributed by atoms with Crippen molar-refractivity contribution in [1.29, 1.82) is 0 Å². The van der Waals surface area contributed by atoms with Crippen LogP contribution in [-0.2, 0) is 16.1 Å². The molecule has 0 aliphatic heterocycles. The Balaban J connectivity index is 1.72. The van der Waals surface area contributed by atoms with E-state index in [1.807, 2.05) is 30.3 Å². The largest absolute Gasteiger partial charge is 0.461 e. The zero-order valence-electron chi connectivity index (χ0n) is 11.4. The highest BCUT2D eigenvalue weighted by Gasteiger charge is 2.28. The minimum Gasteiger partial charge on any atom is -0.461 e. The van der Waals surface area contributed by atoms with Crippen molar-refractivity contribution in [3.05, 3.63) is 35.9 Å². The van der Waals surface area contributed by atoms with Gasteiger partial charge in [-0.15, -0.1) is 0 Å². The molecule has 110 valence electrons. The van der Waals surface area contributed by atoms with Crippen LogP contribution >= 0.6 is 0 Å². The van der Waals surface area contributed by atoms with Gasteiger partial charge in [0.2, 0.25) is 6.43 Å². The van der Waals surface area contributed by atoms with Gasteiger partial charge in [-0.2, -0.15) is 0 Å². The number of alkyl halides is 2. The number of esters is 1. The Kier molecular flexibility index (Phi) is 5.50. The number of hydrogen-bond donors (Lipinski definition) is 0. The molecule has 4 heteroatoms. The Hall–Kier alpha value is -1.45. The first-order valence-corrected chi connectivity index (χ1v) is 7.14. The number of carbonyl (C=O) groups is 1. The molecule has 0 amide bonds. The first kappa shape index (κ1) is 14.9. The molecule has 2 rings (SSSR count). The lowest BCUT2D eigenvalue weighted by Crippen LogP contribution is -2.24. The van der Waals surface area contributed by atoms with Crippen molar-refractivity contribution in [2.75, 3.05) is 0 Å². The van der Waals surface area contributed by atoms with Gasteiger partial charge < -0.3 is 4.74 Å². The van der Waals surface area contributed by atoms with Crippen molar-refractivity contribution in [2.24, 2.45) is 11.8 Å². The normalized spacial score (nSPS) is 22.8. The molecular weight excluding hydrogens is 262 g/mol. The Bertz CT molecular complexity index is 412. The molecule has 2 nitrogen and oxygen atoms in total. The summed E-state index contributed by atoms with van der Waals surface area (Å²) >= 11 is 0. The van der Waals surface area contributed by atoms with Gasteiger partial charge >= 0.3 is 5.97 Å². The van der Waals surface area contributed by atoms with Crippen LogP contribution < -0.4 is 0 Å². The van der Waals surface area contributed by atoms with Gasteiger partial charge in [-0.25, -0.2) is 8.78 Å². The summed E-state index contributed by atoms with van der Waals surface area (Å²) in [7, 11) is 0. The lowest BCUT2D eigenvalue weighted by molar-refractivity contribution is -0.151. The molecule has 0 heterocycles. The number of hydrogen-bond acceptors (Lipinski definition) is 2. The summed E-state index contributed by atoms with van der Waals surface area (Å²) in [4.78, 5) is 11.9. The van der Waals surface area contributed by atoms with Crippen molar-refractivity contribution in [1.82, 2.24) is 0 Å². The molecule has 0 radical (unpaired) electrons. The average Bonchev–Trinajstić information content (AvgIpc) is 2.46. The van der Waals surface area contributed by atoms with E-state index in [4.69, 9.17) is 4.74 Å². The number of rotatable bonds is 5. The first-order chi connectivity index (χ1) is 9.65. The number of benzene rings is 1. The van der Waals surface area contributed by atoms with Crippen LogP contribution in [0.25, 0.3) is 0 Å². The molecule has 0 spiro atoms. The van der Waals surface area contributed by atoms with E-state index in [0.717, 1.165) is 5.56 Å². The lowest BCUT2D eigenvalue weighted by Gasteiger charge is -2.26. The minimum absolute atomic E-state index is 0.0359. The van der Waals surface area contributed by atoms with Crippen molar-refractivity contribution in [3.63, 3.8) is 0 Å². The second-order valence-electron chi connectivity index (χ2n) is 5.44. The highest BCUT2D eigenvalue weighted by molar-refractivity contribution is 5.72. The van der Waals surface area contributed by atoms with Crippen LogP contribution in [0.15, 0.2) is 30.3 Å². The maximum absolute atomic E-state index is 12.3. The molecule has 1 saturated carbocycles. The van der Waals surface area contributed by atoms with Crippen LogP contribution in [-0.4, -0.2) is 12.4 Å². The molecule has 20 heavy (non-hydrogen) atoms. The first-order valence-electron chi connectivity index (χ1n) is 7.14. The van der Waals surface area contributed by atoms with Gasteiger partial charge in [0.25, 0.3) is 0 Å². The van der Waals surface area contributed by atoms with Crippen LogP contribution in [0.5, 0.6) is 0 Å². The Labute approximate surface area is 118 Å². The highest BCUT2D eigenvalue weighted by atomic mass is 19.3. The monoisotopic (exact) mass is 282 g/mol. The second kappa shape index (κ2) is 7.36. The molecule has 1 aliphatic rings. The van der Waals surface area contributed by atoms with E-state index < -0.39 is 6.43 Å². The van der Waals surface area contributed by atoms with Gasteiger partial charge in [0.05, 0.1) is 5.92 Å². The molecule has 0 aromatic heterocycles. The van der Waals surface area contributed by atoms with E-state index in [1.165, 1.54) is 0 Å². The third-order valence-electron chi connectivity index (χ3n) is 3.92. The van der Waals surface area contributed by atoms with Gasteiger partial charge in [-0.05, 0) is 37.2 Å². The van der Waals surface area contributed by atoms with Crippen molar-refractivity contribution in [2.45, 2.75) is 45.1 Å². The predicted octanol–water partition coefficient (Wildman–Crippen LogP) is 4.19. The zero-order chi connectivity index (χ0) is 14.4. The predicted molar refractivity (Wildman–Crippen MR) is 72.3 cm³/mol. The summed E-state index contributed by atoms with van der Waals surface area (Å²) < 4.78 is 29.9. The summed E-state index contributed by atoms with van der Waals surface area (Å²) in [6, 6.07) is 9.53. The van der Waals surface area contributed by atoms with Crippen LogP contribution in [0.1, 0.15) is 37.7 Å². The average molecular weight is 282 g/mol. The molecule has 0 atom stereocenters. The fourth-order valence-corrected chi connectivity index (χ4v) is 2.73. The minimum atomic E-state index is -2.23. The molecule has 1 fully saturated rings. The van der Waals surface area contributed by atoms with Crippen LogP contribution in [0.3, 0.4) is 0 Å². The number of carbonyl (C=O) groups excluding carboxylic acids is 1. The molecule has 0 unspecified atom stereocenters. The van der Waals surface area contributed by atoms with Gasteiger partial charge in [0.1, 0.15) is 6.61 Å². The molecule has 0 bridgehead atoms. The molecule has 1 aliphatic carbocycles. The van der Waals surface area contributed by atoms with E-state index in [2.05, 4.69) is 0 Å². The quantitative estimate of drug-likeness (QED) is 0.757. The number of ether oxygens (including phenoxy) is 1. The second-order valence-corrected chi connectivity index (χ2v) is 5.44. The molecule has 0 N–H and O–H groups in total. The summed E-state index contributed by atoms with van der Waals surface area (Å²) in [5.41, 5.74) is 0.965. The fourth-order valence-electron chi connectivity index (χ4n) is 2.73. The summed E-state index contributed by atoms with van der Waals surface area (Å²) in [6.07, 6.45) is 0.480. The smallest absolute Gasteiger partial charge is 0.309 e. The maximum Gasteiger partial charge on any atom is 0.309 e. The van der Waals surface area contributed by atoms with E-state index in [-0.39, 0.29) is 30.8 Å². The van der Waals surface area contributed by atoms with Crippen molar-refractivity contribution in [3.8, 4) is 0 Å². The van der Waals surface area contributed by atoms with E-state index in [0.29, 0.717) is 25.7 Å². The van der Waals surface area contributed by atoms with Crippen molar-refractivity contribution >= 4 is 5.97 Å². The lowest BCUT2D eigenvalue weighted by atomic mass is 9.80. The highest BCUT2D eigenvalue weighted by Crippen LogP contribution is 2.33. The summed E-state index contributed by atoms with van der Waals surface area (Å²) in [6.45, 7) is 0.288. The maximum atomic E-state index is 12.3. The van der Waals surface area contributed by atoms with Crippen LogP contribution in [0.2, 0.25) is 0 Å².